The molecule has 0 aromatic carbocycles. The standard InChI is InChI=1S/C57H92O29/c1-21(20-76-50-42(70)38(66)35(63)29(15-58)79-50)5-8-27-22(2)34-28(78-27)14-57(75)26-7-6-23-13-24(9-11-55(23,3)25(26)10-12-56(34,57)4)77-51-45(73)41(69)47(32(18-61)82-51)85-54-49(86-53-44(72)40(68)37(65)31(17-60)81-53)46(74)48(33(19-62)83-54)84-52-43(71)39(67)36(64)30(16-59)80-52/h6,21,24-26,28-54,58-75H,5,7-20H2,1-4H3/t21-,24-,25-,26+,28-,29+,30+,31+,32+,33+,34-,35+,36+,37+,38-,39-,40-,41+,42+,43+,44+,45+,46-,47-,48+,49+,50+,51+,52-,53-,54-,55-,56+,57+/m0/s1. The van der Waals surface area contributed by atoms with E-state index in [0.29, 0.717) is 44.9 Å². The summed E-state index contributed by atoms with van der Waals surface area (Å²) in [4.78, 5) is 0. The molecule has 494 valence electrons. The van der Waals surface area contributed by atoms with Crippen molar-refractivity contribution in [3.05, 3.63) is 23.0 Å². The van der Waals surface area contributed by atoms with Gasteiger partial charge in [0.2, 0.25) is 0 Å². The molecule has 10 rings (SSSR count). The van der Waals surface area contributed by atoms with Crippen molar-refractivity contribution in [1.29, 1.82) is 0 Å². The Labute approximate surface area is 496 Å². The minimum Gasteiger partial charge on any atom is -0.494 e. The van der Waals surface area contributed by atoms with Crippen molar-refractivity contribution in [2.24, 2.45) is 34.5 Å². The van der Waals surface area contributed by atoms with Gasteiger partial charge in [0.15, 0.2) is 31.5 Å². The molecular weight excluding hydrogens is 1150 g/mol. The Kier molecular flexibility index (Phi) is 20.8. The lowest BCUT2D eigenvalue weighted by molar-refractivity contribution is -0.403. The lowest BCUT2D eigenvalue weighted by Crippen LogP contribution is -2.68. The molecule has 34 atom stereocenters. The van der Waals surface area contributed by atoms with Crippen molar-refractivity contribution >= 4 is 0 Å². The predicted molar refractivity (Wildman–Crippen MR) is 284 cm³/mol. The maximum atomic E-state index is 13.1. The van der Waals surface area contributed by atoms with Gasteiger partial charge in [-0.05, 0) is 80.6 Å². The number of fused-ring (bicyclic) bond motifs is 7. The first-order chi connectivity index (χ1) is 40.8. The number of hydrogen-bond donors (Lipinski definition) is 18. The van der Waals surface area contributed by atoms with E-state index >= 15 is 0 Å². The Bertz CT molecular complexity index is 2330. The highest BCUT2D eigenvalue weighted by Crippen LogP contribution is 2.70. The Morgan fingerprint density at radius 2 is 1.01 bits per heavy atom. The molecule has 5 saturated heterocycles. The molecule has 4 aliphatic carbocycles. The second-order valence-corrected chi connectivity index (χ2v) is 26.2. The minimum atomic E-state index is -2.09. The second kappa shape index (κ2) is 26.6. The van der Waals surface area contributed by atoms with Gasteiger partial charge in [-0.15, -0.1) is 0 Å². The quantitative estimate of drug-likeness (QED) is 0.0535. The number of rotatable bonds is 19. The molecule has 29 nitrogen and oxygen atoms in total. The van der Waals surface area contributed by atoms with Gasteiger partial charge in [-0.2, -0.15) is 0 Å². The van der Waals surface area contributed by atoms with Gasteiger partial charge >= 0.3 is 0 Å². The highest BCUT2D eigenvalue weighted by atomic mass is 16.8. The highest BCUT2D eigenvalue weighted by molar-refractivity contribution is 5.34. The van der Waals surface area contributed by atoms with Crippen LogP contribution in [0.15, 0.2) is 23.0 Å². The first kappa shape index (κ1) is 67.1. The van der Waals surface area contributed by atoms with Gasteiger partial charge in [-0.3, -0.25) is 0 Å². The molecule has 6 heterocycles. The van der Waals surface area contributed by atoms with Crippen molar-refractivity contribution in [3.8, 4) is 0 Å². The Balaban J connectivity index is 0.780. The molecule has 0 bridgehead atoms. The van der Waals surface area contributed by atoms with Gasteiger partial charge in [-0.1, -0.05) is 32.4 Å². The van der Waals surface area contributed by atoms with Crippen LogP contribution < -0.4 is 0 Å². The van der Waals surface area contributed by atoms with Crippen molar-refractivity contribution < 1.29 is 144 Å². The molecule has 0 amide bonds. The van der Waals surface area contributed by atoms with Gasteiger partial charge in [-0.25, -0.2) is 0 Å². The molecule has 18 N–H and O–H groups in total. The molecule has 0 aromatic heterocycles. The summed E-state index contributed by atoms with van der Waals surface area (Å²) in [6.45, 7) is 4.62. The third-order valence-electron chi connectivity index (χ3n) is 21.2. The lowest BCUT2D eigenvalue weighted by atomic mass is 9.45. The fourth-order valence-electron chi connectivity index (χ4n) is 16.0. The van der Waals surface area contributed by atoms with E-state index in [2.05, 4.69) is 26.8 Å². The maximum Gasteiger partial charge on any atom is 0.187 e. The Morgan fingerprint density at radius 1 is 0.535 bits per heavy atom. The summed E-state index contributed by atoms with van der Waals surface area (Å²) in [5, 5.41) is 194. The molecule has 6 aliphatic heterocycles. The van der Waals surface area contributed by atoms with Gasteiger partial charge in [0, 0.05) is 24.2 Å². The van der Waals surface area contributed by atoms with Gasteiger partial charge in [0.25, 0.3) is 0 Å². The van der Waals surface area contributed by atoms with Gasteiger partial charge < -0.3 is 144 Å². The number of aliphatic hydroxyl groups excluding tert-OH is 17. The van der Waals surface area contributed by atoms with E-state index < -0.39 is 204 Å². The second-order valence-electron chi connectivity index (χ2n) is 26.2. The fraction of sp³-hybridized carbons (Fsp3) is 0.930. The Morgan fingerprint density at radius 3 is 1.58 bits per heavy atom. The number of hydrogen-bond acceptors (Lipinski definition) is 29. The first-order valence-electron chi connectivity index (χ1n) is 30.3. The predicted octanol–water partition coefficient (Wildman–Crippen LogP) is -6.15. The zero-order valence-electron chi connectivity index (χ0n) is 48.6. The van der Waals surface area contributed by atoms with Crippen LogP contribution in [0.25, 0.3) is 0 Å². The highest BCUT2D eigenvalue weighted by Gasteiger charge is 2.71. The molecule has 29 heteroatoms. The summed E-state index contributed by atoms with van der Waals surface area (Å²) in [5.74, 6) is 0.948. The van der Waals surface area contributed by atoms with Crippen LogP contribution in [0.2, 0.25) is 0 Å². The summed E-state index contributed by atoms with van der Waals surface area (Å²) in [6, 6.07) is 0. The number of aliphatic hydroxyl groups is 18. The molecule has 0 aromatic rings. The first-order valence-corrected chi connectivity index (χ1v) is 30.3. The molecule has 86 heavy (non-hydrogen) atoms. The van der Waals surface area contributed by atoms with E-state index in [1.54, 1.807) is 0 Å². The van der Waals surface area contributed by atoms with Gasteiger partial charge in [0.05, 0.1) is 57.1 Å². The van der Waals surface area contributed by atoms with Crippen LogP contribution in [-0.2, 0) is 52.1 Å². The van der Waals surface area contributed by atoms with Crippen LogP contribution in [0.4, 0.5) is 0 Å². The summed E-state index contributed by atoms with van der Waals surface area (Å²) in [7, 11) is 0. The monoisotopic (exact) mass is 1240 g/mol. The smallest absolute Gasteiger partial charge is 0.187 e. The van der Waals surface area contributed by atoms with E-state index in [4.69, 9.17) is 52.1 Å². The van der Waals surface area contributed by atoms with Crippen LogP contribution in [0, 0.1) is 34.5 Å². The van der Waals surface area contributed by atoms with Crippen molar-refractivity contribution in [2.45, 2.75) is 257 Å². The van der Waals surface area contributed by atoms with Crippen molar-refractivity contribution in [1.82, 2.24) is 0 Å². The lowest BCUT2D eigenvalue weighted by Gasteiger charge is -2.61. The molecule has 0 unspecified atom stereocenters. The average Bonchev–Trinajstić information content (AvgIpc) is 1.46. The summed E-state index contributed by atoms with van der Waals surface area (Å²) in [5.41, 5.74) is 0.439. The Hall–Kier alpha value is -1.84. The SMILES string of the molecule is CC1=C(CC[C@H](C)CO[C@@H]2O[C@H](CO)[C@@H](O)[C@H](O)[C@H]2O)O[C@H]2C[C@@]3(O)[C@@H]4CC=C5C[C@@H](O[C@@H]6O[C@H](CO)[C@H](O[C@@H]7O[C@H](CO)[C@@H](O[C@@H]8O[C@H](CO)[C@@H](O)[C@H](O)[C@H]8O)[C@H](O)[C@H]7O[C@@H]7O[C@H](CO)[C@@H](O)[C@H](O)[C@H]7O)[C@H](O)[C@H]6O)CC[C@]5(C)[C@H]4CC[C@]3(C)[C@@H]12. The van der Waals surface area contributed by atoms with Crippen LogP contribution in [0.3, 0.4) is 0 Å². The number of allylic oxidation sites excluding steroid dienone is 2. The van der Waals surface area contributed by atoms with Crippen LogP contribution in [-0.4, -0.2) is 303 Å². The van der Waals surface area contributed by atoms with Crippen LogP contribution >= 0.6 is 0 Å². The minimum absolute atomic E-state index is 0.00192. The maximum absolute atomic E-state index is 13.1. The normalized spacial score (nSPS) is 52.6. The topological polar surface area (TPSA) is 466 Å². The van der Waals surface area contributed by atoms with E-state index in [1.165, 1.54) is 0 Å². The largest absolute Gasteiger partial charge is 0.494 e. The van der Waals surface area contributed by atoms with Crippen molar-refractivity contribution in [2.75, 3.05) is 39.6 Å². The summed E-state index contributed by atoms with van der Waals surface area (Å²) in [6.07, 6.45) is -36.1. The van der Waals surface area contributed by atoms with E-state index in [9.17, 15) is 91.9 Å². The van der Waals surface area contributed by atoms with Crippen LogP contribution in [0.5, 0.6) is 0 Å². The number of ether oxygens (including phenoxy) is 11. The third-order valence-corrected chi connectivity index (χ3v) is 21.2. The van der Waals surface area contributed by atoms with Crippen LogP contribution in [0.1, 0.15) is 85.5 Å². The molecule has 10 aliphatic rings. The zero-order valence-corrected chi connectivity index (χ0v) is 48.6. The van der Waals surface area contributed by atoms with Crippen molar-refractivity contribution in [3.63, 3.8) is 0 Å². The zero-order chi connectivity index (χ0) is 62.2. The van der Waals surface area contributed by atoms with E-state index in [0.717, 1.165) is 29.7 Å². The molecule has 0 radical (unpaired) electrons. The van der Waals surface area contributed by atoms with Gasteiger partial charge in [0.1, 0.15) is 128 Å². The molecule has 0 spiro atoms. The molecule has 8 fully saturated rings. The third kappa shape index (κ3) is 11.9. The molecular formula is C57H92O29. The average molecular weight is 1240 g/mol. The summed E-state index contributed by atoms with van der Waals surface area (Å²) < 4.78 is 65.6. The summed E-state index contributed by atoms with van der Waals surface area (Å²) >= 11 is 0. The molecule has 3 saturated carbocycles. The fourth-order valence-corrected chi connectivity index (χ4v) is 16.0. The van der Waals surface area contributed by atoms with E-state index in [1.807, 2.05) is 6.92 Å². The van der Waals surface area contributed by atoms with E-state index in [-0.39, 0.29) is 41.8 Å².